The van der Waals surface area contributed by atoms with Crippen LogP contribution in [0.2, 0.25) is 0 Å². The third-order valence-corrected chi connectivity index (χ3v) is 11.4. The second-order valence-electron chi connectivity index (χ2n) is 16.0. The smallest absolute Gasteiger partial charge is 0.472 e. The highest BCUT2D eigenvalue weighted by Crippen LogP contribution is 2.43. The molecule has 6 N–H and O–H groups in total. The lowest BCUT2D eigenvalue weighted by Gasteiger charge is -2.20. The molecule has 0 radical (unpaired) electrons. The number of carboxylic acid groups (broad SMARTS) is 1. The number of carboxylic acids is 1. The number of hydrogen-bond donors (Lipinski definition) is 5. The number of carbonyl (C=O) groups excluding carboxylic acids is 3. The van der Waals surface area contributed by atoms with Crippen LogP contribution in [0.5, 0.6) is 0 Å². The van der Waals surface area contributed by atoms with E-state index in [1.165, 1.54) is 38.5 Å². The number of carbonyl (C=O) groups is 4. The van der Waals surface area contributed by atoms with Gasteiger partial charge in [-0.1, -0.05) is 133 Å². The number of ether oxygens (including phenoxy) is 2. The maximum Gasteiger partial charge on any atom is 0.472 e. The highest BCUT2D eigenvalue weighted by Gasteiger charge is 2.39. The van der Waals surface area contributed by atoms with Crippen molar-refractivity contribution in [3.8, 4) is 0 Å². The summed E-state index contributed by atoms with van der Waals surface area (Å²) in [6.07, 6.45) is 32.4. The molecule has 1 rings (SSSR count). The van der Waals surface area contributed by atoms with Gasteiger partial charge in [0, 0.05) is 25.2 Å². The third-order valence-electron chi connectivity index (χ3n) is 10.5. The molecule has 0 aromatic heterocycles. The van der Waals surface area contributed by atoms with Crippen molar-refractivity contribution in [2.75, 3.05) is 19.8 Å². The number of aliphatic hydroxyl groups is 2. The molecule has 0 amide bonds. The lowest BCUT2D eigenvalue weighted by molar-refractivity contribution is -0.161. The molecule has 0 aliphatic heterocycles. The van der Waals surface area contributed by atoms with E-state index >= 15 is 0 Å². The Hall–Kier alpha value is -2.97. The number of aliphatic hydroxyl groups excluding tert-OH is 2. The fourth-order valence-corrected chi connectivity index (χ4v) is 7.59. The van der Waals surface area contributed by atoms with Gasteiger partial charge in [0.1, 0.15) is 18.4 Å². The summed E-state index contributed by atoms with van der Waals surface area (Å²) in [5, 5.41) is 29.7. The van der Waals surface area contributed by atoms with Crippen molar-refractivity contribution in [2.24, 2.45) is 17.6 Å². The van der Waals surface area contributed by atoms with Crippen LogP contribution in [-0.4, -0.2) is 88.1 Å². The molecule has 1 fully saturated rings. The quantitative estimate of drug-likeness (QED) is 0.0169. The molecule has 0 aromatic carbocycles. The summed E-state index contributed by atoms with van der Waals surface area (Å²) >= 11 is 0. The summed E-state index contributed by atoms with van der Waals surface area (Å²) in [6.45, 7) is 2.40. The van der Waals surface area contributed by atoms with Crippen molar-refractivity contribution in [3.63, 3.8) is 0 Å². The zero-order valence-electron chi connectivity index (χ0n) is 37.0. The Morgan fingerprint density at radius 1 is 0.770 bits per heavy atom. The van der Waals surface area contributed by atoms with Gasteiger partial charge in [-0.15, -0.1) is 0 Å². The van der Waals surface area contributed by atoms with E-state index in [0.29, 0.717) is 38.5 Å². The zero-order chi connectivity index (χ0) is 45.1. The van der Waals surface area contributed by atoms with Crippen molar-refractivity contribution >= 4 is 31.5 Å². The number of hydrogen-bond acceptors (Lipinski definition) is 12. The summed E-state index contributed by atoms with van der Waals surface area (Å²) in [5.41, 5.74) is 5.33. The first-order chi connectivity index (χ1) is 29.3. The normalized spacial score (nSPS) is 19.6. The standard InChI is InChI=1S/C46H78NO13P/c1-3-5-7-8-9-10-11-12-13-14-15-16-17-18-19-20-26-30-45(52)60-38(35-58-61(55,56)59-36-41(47)46(53)54)34-57-44(51)29-25-22-21-24-28-39-40(43(50)33-42(39)49)32-31-37(48)27-23-6-4-2/h12-13,15-16,18-19,31-32,37-42,48-49H,3-11,14,17,20-30,33-36,47H2,1-2H3,(H,53,54)(H,55,56)/b13-12-,16-15-,19-18-,32-31+/t37-,38+,39+,40+,41-,42-/m0/s1. The summed E-state index contributed by atoms with van der Waals surface area (Å²) < 4.78 is 32.6. The Balaban J connectivity index is 2.50. The van der Waals surface area contributed by atoms with E-state index in [9.17, 15) is 38.8 Å². The minimum absolute atomic E-state index is 0.0212. The van der Waals surface area contributed by atoms with Crippen molar-refractivity contribution in [2.45, 2.75) is 186 Å². The van der Waals surface area contributed by atoms with Gasteiger partial charge in [-0.25, -0.2) is 4.57 Å². The number of rotatable bonds is 38. The lowest BCUT2D eigenvalue weighted by atomic mass is 9.88. The molecule has 15 heteroatoms. The predicted octanol–water partition coefficient (Wildman–Crippen LogP) is 8.76. The first-order valence-corrected chi connectivity index (χ1v) is 24.3. The fraction of sp³-hybridized carbons (Fsp3) is 0.739. The van der Waals surface area contributed by atoms with Gasteiger partial charge >= 0.3 is 25.7 Å². The van der Waals surface area contributed by atoms with Gasteiger partial charge in [-0.05, 0) is 63.7 Å². The lowest BCUT2D eigenvalue weighted by Crippen LogP contribution is -2.34. The Morgan fingerprint density at radius 2 is 1.34 bits per heavy atom. The van der Waals surface area contributed by atoms with Gasteiger partial charge in [-0.3, -0.25) is 28.2 Å². The minimum atomic E-state index is -4.79. The van der Waals surface area contributed by atoms with Gasteiger partial charge in [0.2, 0.25) is 0 Å². The van der Waals surface area contributed by atoms with Crippen LogP contribution in [-0.2, 0) is 42.3 Å². The van der Waals surface area contributed by atoms with Crippen molar-refractivity contribution in [1.29, 1.82) is 0 Å². The Labute approximate surface area is 365 Å². The van der Waals surface area contributed by atoms with E-state index in [4.69, 9.17) is 24.8 Å². The molecule has 1 aliphatic carbocycles. The van der Waals surface area contributed by atoms with Crippen molar-refractivity contribution in [3.05, 3.63) is 48.6 Å². The molecule has 0 spiro atoms. The SMILES string of the molecule is CCCCCCCC/C=C\C/C=C\C/C=C\CCCC(=O)O[C@H](COC(=O)CCCCCC[C@H]1[C@@H](O)CC(=O)[C@@H]1/C=C/[C@@H](O)CCCCC)COP(=O)(O)OC[C@H](N)C(=O)O. The molecule has 350 valence electrons. The van der Waals surface area contributed by atoms with Gasteiger partial charge in [-0.2, -0.15) is 0 Å². The van der Waals surface area contributed by atoms with E-state index in [2.05, 4.69) is 42.7 Å². The first-order valence-electron chi connectivity index (χ1n) is 22.8. The maximum atomic E-state index is 12.7. The van der Waals surface area contributed by atoms with E-state index in [0.717, 1.165) is 51.4 Å². The number of ketones is 1. The average Bonchev–Trinajstić information content (AvgIpc) is 3.49. The monoisotopic (exact) mass is 884 g/mol. The van der Waals surface area contributed by atoms with Gasteiger partial charge in [0.25, 0.3) is 0 Å². The summed E-state index contributed by atoms with van der Waals surface area (Å²) in [7, 11) is -4.79. The number of phosphoric ester groups is 1. The number of unbranched alkanes of at least 4 members (excludes halogenated alkanes) is 12. The van der Waals surface area contributed by atoms with E-state index in [1.807, 2.05) is 12.2 Å². The topological polar surface area (TPSA) is 229 Å². The molecule has 1 aliphatic rings. The Kier molecular flexibility index (Phi) is 32.6. The van der Waals surface area contributed by atoms with Crippen LogP contribution in [0, 0.1) is 11.8 Å². The average molecular weight is 884 g/mol. The molecule has 1 saturated carbocycles. The Morgan fingerprint density at radius 3 is 2.03 bits per heavy atom. The highest BCUT2D eigenvalue weighted by atomic mass is 31.2. The van der Waals surface area contributed by atoms with Gasteiger partial charge in [0.15, 0.2) is 6.10 Å². The molecule has 1 unspecified atom stereocenters. The van der Waals surface area contributed by atoms with Crippen LogP contribution in [0.4, 0.5) is 0 Å². The molecule has 61 heavy (non-hydrogen) atoms. The highest BCUT2D eigenvalue weighted by molar-refractivity contribution is 7.47. The summed E-state index contributed by atoms with van der Waals surface area (Å²) in [5.74, 6) is -3.29. The maximum absolute atomic E-state index is 12.7. The van der Waals surface area contributed by atoms with Crippen LogP contribution >= 0.6 is 7.82 Å². The van der Waals surface area contributed by atoms with E-state index in [1.54, 1.807) is 12.2 Å². The molecular formula is C46H78NO13P. The third kappa shape index (κ3) is 29.9. The second kappa shape index (κ2) is 35.5. The van der Waals surface area contributed by atoms with Crippen LogP contribution in [0.25, 0.3) is 0 Å². The molecular weight excluding hydrogens is 805 g/mol. The molecule has 0 heterocycles. The summed E-state index contributed by atoms with van der Waals surface area (Å²) in [6, 6.07) is -1.57. The predicted molar refractivity (Wildman–Crippen MR) is 236 cm³/mol. The van der Waals surface area contributed by atoms with Crippen molar-refractivity contribution in [1.82, 2.24) is 0 Å². The largest absolute Gasteiger partial charge is 0.480 e. The van der Waals surface area contributed by atoms with E-state index < -0.39 is 75.8 Å². The van der Waals surface area contributed by atoms with Crippen LogP contribution in [0.3, 0.4) is 0 Å². The second-order valence-corrected chi connectivity index (χ2v) is 17.4. The number of aliphatic carboxylic acids is 1. The first kappa shape index (κ1) is 56.0. The van der Waals surface area contributed by atoms with Crippen LogP contribution in [0.15, 0.2) is 48.6 Å². The summed E-state index contributed by atoms with van der Waals surface area (Å²) in [4.78, 5) is 58.7. The number of nitrogens with two attached hydrogens (primary N) is 1. The van der Waals surface area contributed by atoms with Crippen LogP contribution < -0.4 is 5.73 Å². The fourth-order valence-electron chi connectivity index (χ4n) is 6.81. The zero-order valence-corrected chi connectivity index (χ0v) is 37.8. The number of allylic oxidation sites excluding steroid dienone is 7. The van der Waals surface area contributed by atoms with Gasteiger partial charge < -0.3 is 35.4 Å². The minimum Gasteiger partial charge on any atom is -0.480 e. The number of phosphoric acid groups is 1. The van der Waals surface area contributed by atoms with Gasteiger partial charge in [0.05, 0.1) is 25.4 Å². The molecule has 0 bridgehead atoms. The molecule has 0 saturated heterocycles. The van der Waals surface area contributed by atoms with E-state index in [-0.39, 0.29) is 31.0 Å². The molecule has 0 aromatic rings. The number of esters is 2. The van der Waals surface area contributed by atoms with Crippen LogP contribution in [0.1, 0.15) is 162 Å². The van der Waals surface area contributed by atoms with Crippen molar-refractivity contribution < 1.29 is 62.5 Å². The molecule has 14 nitrogen and oxygen atoms in total. The number of Topliss-reactive ketones (excluding diaryl/α,β-unsaturated/α-hetero) is 1. The molecule has 7 atom stereocenters. The Bertz CT molecular complexity index is 1380.